The first-order valence-electron chi connectivity index (χ1n) is 5.76. The second-order valence-electron chi connectivity index (χ2n) is 3.94. The summed E-state index contributed by atoms with van der Waals surface area (Å²) >= 11 is 0. The Hall–Kier alpha value is -2.16. The predicted molar refractivity (Wildman–Crippen MR) is 69.5 cm³/mol. The quantitative estimate of drug-likeness (QED) is 0.871. The van der Waals surface area contributed by atoms with Gasteiger partial charge in [-0.3, -0.25) is 0 Å². The lowest BCUT2D eigenvalue weighted by molar-refractivity contribution is 0.314. The highest BCUT2D eigenvalue weighted by atomic mass is 32.2. The largest absolute Gasteiger partial charge is 0.463 e. The monoisotopic (exact) mass is 300 g/mol. The van der Waals surface area contributed by atoms with Gasteiger partial charge in [-0.1, -0.05) is 6.07 Å². The van der Waals surface area contributed by atoms with Crippen molar-refractivity contribution in [2.45, 2.75) is 18.7 Å². The summed E-state index contributed by atoms with van der Waals surface area (Å²) in [6.45, 7) is 3.75. The number of anilines is 1. The number of nitrogens with zero attached hydrogens (tertiary/aromatic N) is 2. The highest BCUT2D eigenvalue weighted by Crippen LogP contribution is 2.19. The van der Waals surface area contributed by atoms with Crippen LogP contribution < -0.4 is 9.46 Å². The third-order valence-corrected chi connectivity index (χ3v) is 3.70. The molecule has 1 aromatic carbocycles. The highest BCUT2D eigenvalue weighted by molar-refractivity contribution is 7.92. The van der Waals surface area contributed by atoms with E-state index in [4.69, 9.17) is 4.74 Å². The van der Waals surface area contributed by atoms with Gasteiger partial charge in [-0.2, -0.15) is 4.98 Å². The van der Waals surface area contributed by atoms with E-state index in [0.29, 0.717) is 12.2 Å². The standard InChI is InChI=1S/C11H13FN4O3S/c1-3-19-11-13-10(14-15-11)16-20(17,18)9-6-7(2)4-5-8(9)12/h4-6H,3H2,1-2H3,(H2,13,14,15,16). The minimum atomic E-state index is -4.08. The van der Waals surface area contributed by atoms with Crippen LogP contribution in [0.2, 0.25) is 0 Å². The molecule has 0 unspecified atom stereocenters. The van der Waals surface area contributed by atoms with Crippen molar-refractivity contribution < 1.29 is 17.5 Å². The van der Waals surface area contributed by atoms with Gasteiger partial charge in [0.15, 0.2) is 0 Å². The van der Waals surface area contributed by atoms with Gasteiger partial charge in [0.1, 0.15) is 10.7 Å². The summed E-state index contributed by atoms with van der Waals surface area (Å²) in [5.74, 6) is -0.984. The fourth-order valence-electron chi connectivity index (χ4n) is 1.48. The molecule has 2 N–H and O–H groups in total. The first kappa shape index (κ1) is 14.3. The van der Waals surface area contributed by atoms with Crippen LogP contribution in [0.5, 0.6) is 6.01 Å². The molecule has 1 heterocycles. The summed E-state index contributed by atoms with van der Waals surface area (Å²) in [6.07, 6.45) is 0. The fraction of sp³-hybridized carbons (Fsp3) is 0.273. The van der Waals surface area contributed by atoms with E-state index in [2.05, 4.69) is 19.9 Å². The molecule has 0 amide bonds. The topological polar surface area (TPSA) is 97.0 Å². The molecule has 0 aliphatic carbocycles. The second kappa shape index (κ2) is 5.45. The lowest BCUT2D eigenvalue weighted by Crippen LogP contribution is -2.15. The SMILES string of the molecule is CCOc1n[nH]c(NS(=O)(=O)c2cc(C)ccc2F)n1. The molecule has 7 nitrogen and oxygen atoms in total. The van der Waals surface area contributed by atoms with Gasteiger partial charge in [-0.15, -0.1) is 5.10 Å². The number of ether oxygens (including phenoxy) is 1. The Morgan fingerprint density at radius 1 is 1.45 bits per heavy atom. The summed E-state index contributed by atoms with van der Waals surface area (Å²) in [5, 5.41) is 6.00. The maximum atomic E-state index is 13.6. The Kier molecular flexibility index (Phi) is 3.89. The van der Waals surface area contributed by atoms with Gasteiger partial charge in [0.25, 0.3) is 10.0 Å². The number of halogens is 1. The van der Waals surface area contributed by atoms with E-state index in [1.54, 1.807) is 13.8 Å². The highest BCUT2D eigenvalue weighted by Gasteiger charge is 2.21. The molecule has 108 valence electrons. The third kappa shape index (κ3) is 3.05. The Morgan fingerprint density at radius 3 is 2.90 bits per heavy atom. The van der Waals surface area contributed by atoms with E-state index in [9.17, 15) is 12.8 Å². The zero-order chi connectivity index (χ0) is 14.8. The lowest BCUT2D eigenvalue weighted by atomic mass is 10.2. The molecule has 2 aromatic rings. The molecular weight excluding hydrogens is 287 g/mol. The molecule has 0 fully saturated rings. The number of H-pyrrole nitrogens is 1. The second-order valence-corrected chi connectivity index (χ2v) is 5.59. The molecule has 0 saturated heterocycles. The number of rotatable bonds is 5. The van der Waals surface area contributed by atoms with Gasteiger partial charge in [-0.25, -0.2) is 22.6 Å². The van der Waals surface area contributed by atoms with E-state index < -0.39 is 20.7 Å². The number of aromatic nitrogens is 3. The maximum absolute atomic E-state index is 13.6. The van der Waals surface area contributed by atoms with E-state index in [1.807, 2.05) is 0 Å². The molecule has 20 heavy (non-hydrogen) atoms. The first-order valence-corrected chi connectivity index (χ1v) is 7.25. The van der Waals surface area contributed by atoms with Crippen molar-refractivity contribution >= 4 is 16.0 Å². The average Bonchev–Trinajstić information content (AvgIpc) is 2.79. The molecule has 9 heteroatoms. The van der Waals surface area contributed by atoms with Crippen LogP contribution in [-0.2, 0) is 10.0 Å². The Balaban J connectivity index is 2.28. The van der Waals surface area contributed by atoms with Crippen LogP contribution in [0.15, 0.2) is 23.1 Å². The molecule has 0 saturated carbocycles. The molecule has 0 spiro atoms. The van der Waals surface area contributed by atoms with Crippen molar-refractivity contribution in [3.63, 3.8) is 0 Å². The van der Waals surface area contributed by atoms with Crippen LogP contribution in [0.4, 0.5) is 10.3 Å². The lowest BCUT2D eigenvalue weighted by Gasteiger charge is -2.06. The zero-order valence-electron chi connectivity index (χ0n) is 10.8. The number of aryl methyl sites for hydroxylation is 1. The van der Waals surface area contributed by atoms with Crippen molar-refractivity contribution in [2.24, 2.45) is 0 Å². The molecular formula is C11H13FN4O3S. The number of nitrogens with one attached hydrogen (secondary N) is 2. The summed E-state index contributed by atoms with van der Waals surface area (Å²) in [6, 6.07) is 3.82. The fourth-order valence-corrected chi connectivity index (χ4v) is 2.61. The van der Waals surface area contributed by atoms with Crippen molar-refractivity contribution in [2.75, 3.05) is 11.3 Å². The van der Waals surface area contributed by atoms with Gasteiger partial charge >= 0.3 is 6.01 Å². The van der Waals surface area contributed by atoms with Crippen molar-refractivity contribution in [3.8, 4) is 6.01 Å². The van der Waals surface area contributed by atoms with E-state index in [-0.39, 0.29) is 12.0 Å². The predicted octanol–water partition coefficient (Wildman–Crippen LogP) is 1.45. The molecule has 0 radical (unpaired) electrons. The van der Waals surface area contributed by atoms with Crippen LogP contribution in [0.3, 0.4) is 0 Å². The van der Waals surface area contributed by atoms with Crippen LogP contribution in [-0.4, -0.2) is 30.2 Å². The average molecular weight is 300 g/mol. The Labute approximate surface area is 115 Å². The van der Waals surface area contributed by atoms with Gasteiger partial charge in [-0.05, 0) is 31.5 Å². The summed E-state index contributed by atoms with van der Waals surface area (Å²) in [4.78, 5) is 3.31. The number of sulfonamides is 1. The zero-order valence-corrected chi connectivity index (χ0v) is 11.7. The number of hydrogen-bond donors (Lipinski definition) is 2. The summed E-state index contributed by atoms with van der Waals surface area (Å²) < 4.78 is 44.8. The van der Waals surface area contributed by atoms with Crippen LogP contribution in [0.25, 0.3) is 0 Å². The minimum absolute atomic E-state index is 0.00918. The smallest absolute Gasteiger partial charge is 0.337 e. The molecule has 0 atom stereocenters. The first-order chi connectivity index (χ1) is 9.42. The van der Waals surface area contributed by atoms with Gasteiger partial charge < -0.3 is 4.74 Å². The normalized spacial score (nSPS) is 11.3. The van der Waals surface area contributed by atoms with Crippen LogP contribution >= 0.6 is 0 Å². The Bertz CT molecular complexity index is 714. The van der Waals surface area contributed by atoms with E-state index >= 15 is 0 Å². The van der Waals surface area contributed by atoms with Gasteiger partial charge in [0.05, 0.1) is 6.61 Å². The van der Waals surface area contributed by atoms with E-state index in [1.165, 1.54) is 12.1 Å². The third-order valence-electron chi connectivity index (χ3n) is 2.35. The minimum Gasteiger partial charge on any atom is -0.463 e. The van der Waals surface area contributed by atoms with Crippen LogP contribution in [0, 0.1) is 12.7 Å². The molecule has 0 aliphatic rings. The molecule has 0 bridgehead atoms. The van der Waals surface area contributed by atoms with Crippen molar-refractivity contribution in [1.82, 2.24) is 15.2 Å². The summed E-state index contributed by atoms with van der Waals surface area (Å²) in [7, 11) is -4.08. The number of aromatic amines is 1. The van der Waals surface area contributed by atoms with E-state index in [0.717, 1.165) is 6.07 Å². The Morgan fingerprint density at radius 2 is 2.20 bits per heavy atom. The van der Waals surface area contributed by atoms with Crippen molar-refractivity contribution in [1.29, 1.82) is 0 Å². The summed E-state index contributed by atoms with van der Waals surface area (Å²) in [5.41, 5.74) is 0.624. The van der Waals surface area contributed by atoms with Crippen LogP contribution in [0.1, 0.15) is 12.5 Å². The van der Waals surface area contributed by atoms with Gasteiger partial charge in [0.2, 0.25) is 5.95 Å². The molecule has 2 rings (SSSR count). The number of benzene rings is 1. The van der Waals surface area contributed by atoms with Crippen molar-refractivity contribution in [3.05, 3.63) is 29.6 Å². The number of hydrogen-bond acceptors (Lipinski definition) is 5. The molecule has 1 aromatic heterocycles. The maximum Gasteiger partial charge on any atom is 0.337 e. The molecule has 0 aliphatic heterocycles. The van der Waals surface area contributed by atoms with Gasteiger partial charge in [0, 0.05) is 0 Å².